The van der Waals surface area contributed by atoms with E-state index >= 15 is 0 Å². The lowest BCUT2D eigenvalue weighted by Crippen LogP contribution is -2.43. The highest BCUT2D eigenvalue weighted by Gasteiger charge is 2.21. The van der Waals surface area contributed by atoms with Gasteiger partial charge in [0.25, 0.3) is 0 Å². The molecule has 0 aliphatic carbocycles. The van der Waals surface area contributed by atoms with Crippen molar-refractivity contribution in [1.82, 2.24) is 5.32 Å². The van der Waals surface area contributed by atoms with Gasteiger partial charge < -0.3 is 20.6 Å². The molecule has 0 aliphatic heterocycles. The van der Waals surface area contributed by atoms with Crippen LogP contribution in [0.1, 0.15) is 38.2 Å². The number of Topliss-reactive ketones (excluding diaryl/α,β-unsaturated/α-hetero) is 2. The van der Waals surface area contributed by atoms with Crippen LogP contribution in [0.25, 0.3) is 0 Å². The molecule has 0 saturated heterocycles. The number of thiol groups is 1. The van der Waals surface area contributed by atoms with E-state index in [0.29, 0.717) is 5.75 Å². The number of benzene rings is 1. The first-order chi connectivity index (χ1) is 12.7. The minimum atomic E-state index is -0.958. The molecule has 0 fully saturated rings. The van der Waals surface area contributed by atoms with Crippen LogP contribution in [0.4, 0.5) is 0 Å². The fourth-order valence-electron chi connectivity index (χ4n) is 2.17. The first-order valence-electron chi connectivity index (χ1n) is 8.69. The van der Waals surface area contributed by atoms with Gasteiger partial charge in [0.05, 0.1) is 6.04 Å². The van der Waals surface area contributed by atoms with Gasteiger partial charge in [0.15, 0.2) is 5.78 Å². The number of carbonyl (C=O) groups is 4. The standard InChI is InChI=1S/C19H26N2O5S/c1-12-3-6-14(7-4-12)26-19(25)15(20)8-10-18(24)21-16(11-27)17(23)9-5-13(2)22/h3-4,6-7,15-16,27H,5,8-11,20H2,1-2H3,(H,21,24). The fourth-order valence-corrected chi connectivity index (χ4v) is 2.47. The van der Waals surface area contributed by atoms with Crippen molar-refractivity contribution >= 4 is 36.1 Å². The molecule has 27 heavy (non-hydrogen) atoms. The lowest BCUT2D eigenvalue weighted by molar-refractivity contribution is -0.136. The van der Waals surface area contributed by atoms with Crippen molar-refractivity contribution in [2.75, 3.05) is 5.75 Å². The zero-order valence-corrected chi connectivity index (χ0v) is 16.5. The molecule has 8 heteroatoms. The Morgan fingerprint density at radius 3 is 2.30 bits per heavy atom. The molecule has 148 valence electrons. The van der Waals surface area contributed by atoms with Crippen molar-refractivity contribution in [3.63, 3.8) is 0 Å². The summed E-state index contributed by atoms with van der Waals surface area (Å²) >= 11 is 4.06. The molecular formula is C19H26N2O5S. The van der Waals surface area contributed by atoms with Crippen LogP contribution in [0.3, 0.4) is 0 Å². The Balaban J connectivity index is 2.42. The number of ketones is 2. The Kier molecular flexibility index (Phi) is 9.74. The molecular weight excluding hydrogens is 368 g/mol. The summed E-state index contributed by atoms with van der Waals surface area (Å²) in [7, 11) is 0. The van der Waals surface area contributed by atoms with E-state index in [-0.39, 0.29) is 43.0 Å². The Morgan fingerprint density at radius 1 is 1.11 bits per heavy atom. The summed E-state index contributed by atoms with van der Waals surface area (Å²) < 4.78 is 5.16. The van der Waals surface area contributed by atoms with Crippen LogP contribution in [0, 0.1) is 6.92 Å². The summed E-state index contributed by atoms with van der Waals surface area (Å²) in [6, 6.07) is 5.22. The van der Waals surface area contributed by atoms with E-state index in [1.807, 2.05) is 19.1 Å². The predicted octanol–water partition coefficient (Wildman–Crippen LogP) is 1.36. The van der Waals surface area contributed by atoms with Gasteiger partial charge in [0, 0.05) is 25.0 Å². The zero-order chi connectivity index (χ0) is 20.4. The minimum Gasteiger partial charge on any atom is -0.425 e. The van der Waals surface area contributed by atoms with Gasteiger partial charge in [-0.15, -0.1) is 0 Å². The van der Waals surface area contributed by atoms with E-state index in [2.05, 4.69) is 17.9 Å². The molecule has 2 unspecified atom stereocenters. The van der Waals surface area contributed by atoms with E-state index in [1.54, 1.807) is 12.1 Å². The van der Waals surface area contributed by atoms with Gasteiger partial charge in [0.2, 0.25) is 5.91 Å². The monoisotopic (exact) mass is 394 g/mol. The third kappa shape index (κ3) is 8.83. The number of nitrogens with one attached hydrogen (secondary N) is 1. The van der Waals surface area contributed by atoms with Crippen molar-refractivity contribution < 1.29 is 23.9 Å². The van der Waals surface area contributed by atoms with E-state index in [1.165, 1.54) is 6.92 Å². The topological polar surface area (TPSA) is 116 Å². The molecule has 1 aromatic rings. The molecule has 1 rings (SSSR count). The molecule has 0 saturated carbocycles. The van der Waals surface area contributed by atoms with E-state index < -0.39 is 24.0 Å². The van der Waals surface area contributed by atoms with Crippen molar-refractivity contribution in [2.24, 2.45) is 5.73 Å². The molecule has 1 amide bonds. The maximum Gasteiger partial charge on any atom is 0.328 e. The minimum absolute atomic E-state index is 0.0333. The van der Waals surface area contributed by atoms with E-state index in [4.69, 9.17) is 10.5 Å². The summed E-state index contributed by atoms with van der Waals surface area (Å²) in [6.07, 6.45) is 0.240. The van der Waals surface area contributed by atoms with Crippen molar-refractivity contribution in [3.05, 3.63) is 29.8 Å². The second kappa shape index (κ2) is 11.5. The number of aryl methyl sites for hydroxylation is 1. The summed E-state index contributed by atoms with van der Waals surface area (Å²) in [4.78, 5) is 46.9. The molecule has 0 heterocycles. The average Bonchev–Trinajstić information content (AvgIpc) is 2.63. The number of hydrogen-bond donors (Lipinski definition) is 3. The highest BCUT2D eigenvalue weighted by atomic mass is 32.1. The summed E-state index contributed by atoms with van der Waals surface area (Å²) in [6.45, 7) is 3.32. The van der Waals surface area contributed by atoms with Gasteiger partial charge in [-0.05, 0) is 32.4 Å². The van der Waals surface area contributed by atoms with Crippen LogP contribution in [0.5, 0.6) is 5.75 Å². The molecule has 0 bridgehead atoms. The normalized spacial score (nSPS) is 12.7. The molecule has 0 aliphatic rings. The summed E-state index contributed by atoms with van der Waals surface area (Å²) in [5, 5.41) is 2.56. The van der Waals surface area contributed by atoms with E-state index in [0.717, 1.165) is 5.56 Å². The number of esters is 1. The lowest BCUT2D eigenvalue weighted by Gasteiger charge is -2.16. The van der Waals surface area contributed by atoms with Crippen LogP contribution in [-0.4, -0.2) is 41.3 Å². The smallest absolute Gasteiger partial charge is 0.328 e. The lowest BCUT2D eigenvalue weighted by atomic mass is 10.1. The highest BCUT2D eigenvalue weighted by Crippen LogP contribution is 2.12. The fraction of sp³-hybridized carbons (Fsp3) is 0.474. The van der Waals surface area contributed by atoms with Crippen molar-refractivity contribution in [2.45, 2.75) is 51.6 Å². The van der Waals surface area contributed by atoms with Gasteiger partial charge in [-0.1, -0.05) is 17.7 Å². The number of nitrogens with two attached hydrogens (primary N) is 1. The Morgan fingerprint density at radius 2 is 1.74 bits per heavy atom. The molecule has 0 spiro atoms. The number of amides is 1. The largest absolute Gasteiger partial charge is 0.425 e. The maximum atomic E-state index is 12.0. The quantitative estimate of drug-likeness (QED) is 0.297. The number of carbonyl (C=O) groups excluding carboxylic acids is 4. The average molecular weight is 394 g/mol. The Labute approximate surface area is 164 Å². The molecule has 0 aromatic heterocycles. The molecule has 0 radical (unpaired) electrons. The first-order valence-corrected chi connectivity index (χ1v) is 9.32. The predicted molar refractivity (Wildman–Crippen MR) is 105 cm³/mol. The van der Waals surface area contributed by atoms with E-state index in [9.17, 15) is 19.2 Å². The van der Waals surface area contributed by atoms with Crippen LogP contribution in [0.15, 0.2) is 24.3 Å². The van der Waals surface area contributed by atoms with Crippen LogP contribution in [-0.2, 0) is 19.2 Å². The van der Waals surface area contributed by atoms with Crippen LogP contribution in [0.2, 0.25) is 0 Å². The summed E-state index contributed by atoms with van der Waals surface area (Å²) in [5.74, 6) is -0.873. The van der Waals surface area contributed by atoms with Crippen LogP contribution < -0.4 is 15.8 Å². The van der Waals surface area contributed by atoms with Gasteiger partial charge in [-0.25, -0.2) is 4.79 Å². The number of rotatable bonds is 11. The number of ether oxygens (including phenoxy) is 1. The molecule has 1 aromatic carbocycles. The van der Waals surface area contributed by atoms with Crippen LogP contribution >= 0.6 is 12.6 Å². The summed E-state index contributed by atoms with van der Waals surface area (Å²) in [5.41, 5.74) is 6.81. The molecule has 2 atom stereocenters. The zero-order valence-electron chi connectivity index (χ0n) is 15.6. The third-order valence-electron chi connectivity index (χ3n) is 3.85. The van der Waals surface area contributed by atoms with Gasteiger partial charge >= 0.3 is 5.97 Å². The van der Waals surface area contributed by atoms with Crippen molar-refractivity contribution in [1.29, 1.82) is 0 Å². The van der Waals surface area contributed by atoms with Crippen molar-refractivity contribution in [3.8, 4) is 5.75 Å². The SMILES string of the molecule is CC(=O)CCC(=O)C(CS)NC(=O)CCC(N)C(=O)Oc1ccc(C)cc1. The molecule has 3 N–H and O–H groups in total. The second-order valence-corrected chi connectivity index (χ2v) is 6.72. The maximum absolute atomic E-state index is 12.0. The van der Waals surface area contributed by atoms with Gasteiger partial charge in [-0.2, -0.15) is 12.6 Å². The third-order valence-corrected chi connectivity index (χ3v) is 4.22. The van der Waals surface area contributed by atoms with Gasteiger partial charge in [0.1, 0.15) is 17.6 Å². The number of hydrogen-bond acceptors (Lipinski definition) is 7. The first kappa shape index (κ1) is 22.9. The Bertz CT molecular complexity index is 675. The van der Waals surface area contributed by atoms with Gasteiger partial charge in [-0.3, -0.25) is 9.59 Å². The Hall–Kier alpha value is -2.19. The highest BCUT2D eigenvalue weighted by molar-refractivity contribution is 7.80. The second-order valence-electron chi connectivity index (χ2n) is 6.35. The molecule has 7 nitrogen and oxygen atoms in total.